The molecule has 0 saturated carbocycles. The number of aliphatic hydroxyl groups is 1. The molecular weight excluding hydrogens is 491 g/mol. The Labute approximate surface area is 187 Å². The lowest BCUT2D eigenvalue weighted by Crippen LogP contribution is -2.41. The zero-order chi connectivity index (χ0) is 23.1. The normalized spacial score (nSPS) is 12.6. The Morgan fingerprint density at radius 1 is 1.26 bits per heavy atom. The highest BCUT2D eigenvalue weighted by Crippen LogP contribution is 2.37. The highest BCUT2D eigenvalue weighted by molar-refractivity contribution is 9.10. The van der Waals surface area contributed by atoms with Crippen molar-refractivity contribution in [3.8, 4) is 11.3 Å². The third-order valence-corrected chi connectivity index (χ3v) is 6.52. The predicted octanol–water partition coefficient (Wildman–Crippen LogP) is 3.63. The molecule has 7 nitrogen and oxygen atoms in total. The summed E-state index contributed by atoms with van der Waals surface area (Å²) in [7, 11) is -3.62. The van der Waals surface area contributed by atoms with E-state index in [0.29, 0.717) is 26.6 Å². The number of hydrogen-bond acceptors (Lipinski definition) is 5. The molecule has 3 rings (SSSR count). The molecule has 1 amide bonds. The fourth-order valence-corrected chi connectivity index (χ4v) is 4.63. The van der Waals surface area contributed by atoms with Gasteiger partial charge in [0.25, 0.3) is 5.91 Å². The fourth-order valence-electron chi connectivity index (χ4n) is 3.24. The largest absolute Gasteiger partial charge is 0.455 e. The van der Waals surface area contributed by atoms with Gasteiger partial charge in [-0.1, -0.05) is 15.9 Å². The van der Waals surface area contributed by atoms with Crippen molar-refractivity contribution < 1.29 is 27.1 Å². The molecule has 0 aliphatic rings. The molecule has 0 saturated heterocycles. The van der Waals surface area contributed by atoms with Crippen LogP contribution >= 0.6 is 15.9 Å². The van der Waals surface area contributed by atoms with Crippen molar-refractivity contribution in [2.75, 3.05) is 12.8 Å². The number of benzene rings is 2. The Hall–Kier alpha value is -2.27. The number of carbonyl (C=O) groups is 1. The van der Waals surface area contributed by atoms with Crippen LogP contribution in [0.4, 0.5) is 4.39 Å². The number of fused-ring (bicyclic) bond motifs is 1. The molecule has 31 heavy (non-hydrogen) atoms. The molecule has 0 unspecified atom stereocenters. The number of nitrogens with two attached hydrogens (primary N) is 1. The third-order valence-electron chi connectivity index (χ3n) is 4.59. The maximum atomic E-state index is 13.3. The van der Waals surface area contributed by atoms with Crippen molar-refractivity contribution in [2.45, 2.75) is 26.0 Å². The first-order chi connectivity index (χ1) is 14.3. The molecule has 0 fully saturated rings. The van der Waals surface area contributed by atoms with Gasteiger partial charge in [0.05, 0.1) is 17.4 Å². The van der Waals surface area contributed by atoms with E-state index < -0.39 is 27.3 Å². The number of sulfonamides is 1. The molecule has 0 atom stereocenters. The highest BCUT2D eigenvalue weighted by Gasteiger charge is 2.27. The molecule has 166 valence electrons. The van der Waals surface area contributed by atoms with Crippen LogP contribution in [0.15, 0.2) is 45.3 Å². The summed E-state index contributed by atoms with van der Waals surface area (Å²) in [6, 6.07) is 8.69. The molecule has 0 bridgehead atoms. The monoisotopic (exact) mass is 512 g/mol. The lowest BCUT2D eigenvalue weighted by molar-refractivity contribution is 0.0578. The highest BCUT2D eigenvalue weighted by atomic mass is 79.9. The summed E-state index contributed by atoms with van der Waals surface area (Å²) in [5.41, 5.74) is 5.86. The van der Waals surface area contributed by atoms with E-state index in [0.717, 1.165) is 10.6 Å². The number of amides is 1. The summed E-state index contributed by atoms with van der Waals surface area (Å²) in [4.78, 5) is 12.2. The minimum Gasteiger partial charge on any atom is -0.455 e. The van der Waals surface area contributed by atoms with Crippen molar-refractivity contribution in [3.63, 3.8) is 0 Å². The van der Waals surface area contributed by atoms with Gasteiger partial charge in [0.1, 0.15) is 17.2 Å². The average molecular weight is 513 g/mol. The van der Waals surface area contributed by atoms with Crippen molar-refractivity contribution in [1.29, 1.82) is 0 Å². The number of carbonyl (C=O) groups excluding carboxylic acids is 1. The van der Waals surface area contributed by atoms with Crippen LogP contribution < -0.4 is 5.73 Å². The molecular formula is C21H22BrFN2O5S. The van der Waals surface area contributed by atoms with Crippen LogP contribution in [0.5, 0.6) is 0 Å². The van der Waals surface area contributed by atoms with Crippen molar-refractivity contribution >= 4 is 42.8 Å². The molecule has 10 heteroatoms. The number of rotatable bonds is 7. The molecule has 0 spiro atoms. The van der Waals surface area contributed by atoms with Gasteiger partial charge in [-0.3, -0.25) is 4.79 Å². The first kappa shape index (κ1) is 23.4. The molecule has 3 aromatic rings. The van der Waals surface area contributed by atoms with Gasteiger partial charge >= 0.3 is 0 Å². The van der Waals surface area contributed by atoms with E-state index in [9.17, 15) is 22.7 Å². The van der Waals surface area contributed by atoms with Crippen LogP contribution in [-0.2, 0) is 16.6 Å². The topological polar surface area (TPSA) is 114 Å². The lowest BCUT2D eigenvalue weighted by Gasteiger charge is -2.27. The van der Waals surface area contributed by atoms with Gasteiger partial charge in [-0.05, 0) is 55.8 Å². The molecule has 0 aliphatic carbocycles. The third kappa shape index (κ3) is 5.32. The zero-order valence-corrected chi connectivity index (χ0v) is 19.5. The SMILES string of the molecule is CC(C)(O)CN(Cc1cc2oc(-c3ccc(F)cc3)c(C(N)=O)c2cc1Br)S(C)(=O)=O. The Morgan fingerprint density at radius 2 is 1.87 bits per heavy atom. The number of furan rings is 1. The number of hydrogen-bond donors (Lipinski definition) is 2. The van der Waals surface area contributed by atoms with E-state index in [4.69, 9.17) is 10.2 Å². The predicted molar refractivity (Wildman–Crippen MR) is 119 cm³/mol. The molecule has 3 N–H and O–H groups in total. The van der Waals surface area contributed by atoms with E-state index >= 15 is 0 Å². The Morgan fingerprint density at radius 3 is 2.39 bits per heavy atom. The first-order valence-corrected chi connectivity index (χ1v) is 11.9. The second-order valence-electron chi connectivity index (χ2n) is 7.96. The van der Waals surface area contributed by atoms with Gasteiger partial charge in [0.15, 0.2) is 0 Å². The van der Waals surface area contributed by atoms with Crippen LogP contribution in [0, 0.1) is 5.82 Å². The minimum atomic E-state index is -3.62. The summed E-state index contributed by atoms with van der Waals surface area (Å²) in [6.45, 7) is 2.90. The van der Waals surface area contributed by atoms with Gasteiger partial charge in [0, 0.05) is 28.5 Å². The molecule has 0 radical (unpaired) electrons. The standard InChI is InChI=1S/C21H22BrFN2O5S/c1-21(2,27)11-25(31(3,28)29)10-13-8-17-15(9-16(13)22)18(20(24)26)19(30-17)12-4-6-14(23)7-5-12/h4-9,27H,10-11H2,1-3H3,(H2,24,26). The average Bonchev–Trinajstić information content (AvgIpc) is 2.98. The van der Waals surface area contributed by atoms with E-state index in [1.54, 1.807) is 12.1 Å². The van der Waals surface area contributed by atoms with Gasteiger partial charge < -0.3 is 15.3 Å². The van der Waals surface area contributed by atoms with E-state index in [1.807, 2.05) is 0 Å². The lowest BCUT2D eigenvalue weighted by atomic mass is 10.0. The number of nitrogens with zero attached hydrogens (tertiary/aromatic N) is 1. The zero-order valence-electron chi connectivity index (χ0n) is 17.1. The van der Waals surface area contributed by atoms with Crippen LogP contribution in [0.1, 0.15) is 29.8 Å². The summed E-state index contributed by atoms with van der Waals surface area (Å²) in [5.74, 6) is -0.946. The second-order valence-corrected chi connectivity index (χ2v) is 10.8. The first-order valence-electron chi connectivity index (χ1n) is 9.24. The number of primary amides is 1. The molecule has 0 aliphatic heterocycles. The van der Waals surface area contributed by atoms with Crippen LogP contribution in [0.25, 0.3) is 22.3 Å². The molecule has 1 heterocycles. The van der Waals surface area contributed by atoms with E-state index in [1.165, 1.54) is 38.1 Å². The smallest absolute Gasteiger partial charge is 0.253 e. The summed E-state index contributed by atoms with van der Waals surface area (Å²) in [5, 5.41) is 10.5. The summed E-state index contributed by atoms with van der Waals surface area (Å²) < 4.78 is 45.4. The Bertz CT molecular complexity index is 1250. The fraction of sp³-hybridized carbons (Fsp3) is 0.286. The van der Waals surface area contributed by atoms with Crippen LogP contribution in [0.2, 0.25) is 0 Å². The minimum absolute atomic E-state index is 0.0299. The second kappa shape index (κ2) is 8.34. The van der Waals surface area contributed by atoms with Crippen LogP contribution in [-0.4, -0.2) is 42.1 Å². The Kier molecular flexibility index (Phi) is 6.30. The van der Waals surface area contributed by atoms with Crippen molar-refractivity contribution in [2.24, 2.45) is 5.73 Å². The Balaban J connectivity index is 2.13. The van der Waals surface area contributed by atoms with Gasteiger partial charge in [0.2, 0.25) is 10.0 Å². The van der Waals surface area contributed by atoms with E-state index in [-0.39, 0.29) is 24.4 Å². The van der Waals surface area contributed by atoms with Crippen molar-refractivity contribution in [3.05, 3.63) is 57.8 Å². The number of halogens is 2. The molecule has 1 aromatic heterocycles. The maximum Gasteiger partial charge on any atom is 0.253 e. The van der Waals surface area contributed by atoms with Crippen molar-refractivity contribution in [1.82, 2.24) is 4.31 Å². The summed E-state index contributed by atoms with van der Waals surface area (Å²) >= 11 is 3.42. The van der Waals surface area contributed by atoms with Gasteiger partial charge in [-0.15, -0.1) is 0 Å². The van der Waals surface area contributed by atoms with Gasteiger partial charge in [-0.2, -0.15) is 4.31 Å². The van der Waals surface area contributed by atoms with E-state index in [2.05, 4.69) is 15.9 Å². The van der Waals surface area contributed by atoms with Crippen LogP contribution in [0.3, 0.4) is 0 Å². The molecule has 2 aromatic carbocycles. The van der Waals surface area contributed by atoms with Gasteiger partial charge in [-0.25, -0.2) is 12.8 Å². The summed E-state index contributed by atoms with van der Waals surface area (Å²) in [6.07, 6.45) is 1.07. The quantitative estimate of drug-likeness (QED) is 0.501. The maximum absolute atomic E-state index is 13.3.